The minimum absolute atomic E-state index is 0.451. The number of aryl methyl sites for hydroxylation is 1. The Morgan fingerprint density at radius 3 is 2.65 bits per heavy atom. The minimum Gasteiger partial charge on any atom is -0.366 e. The standard InChI is InChI=1S/C13H22ClN3/c1-4-7-8-10(5-2)17-13-12(14)11(6-3)15-9-16-13/h9-10H,4-8H2,1-3H3,(H,15,16,17). The number of anilines is 1. The third-order valence-electron chi connectivity index (χ3n) is 2.94. The smallest absolute Gasteiger partial charge is 0.148 e. The molecule has 0 aliphatic carbocycles. The summed E-state index contributed by atoms with van der Waals surface area (Å²) in [5.74, 6) is 0.779. The van der Waals surface area contributed by atoms with Crippen LogP contribution in [0.2, 0.25) is 5.02 Å². The van der Waals surface area contributed by atoms with Crippen LogP contribution in [-0.2, 0) is 6.42 Å². The lowest BCUT2D eigenvalue weighted by molar-refractivity contribution is 0.591. The van der Waals surface area contributed by atoms with E-state index in [1.807, 2.05) is 6.92 Å². The van der Waals surface area contributed by atoms with Crippen LogP contribution in [0.15, 0.2) is 6.33 Å². The Kier molecular flexibility index (Phi) is 6.27. The molecule has 0 amide bonds. The quantitative estimate of drug-likeness (QED) is 0.798. The van der Waals surface area contributed by atoms with Gasteiger partial charge in [-0.15, -0.1) is 0 Å². The summed E-state index contributed by atoms with van der Waals surface area (Å²) in [6, 6.07) is 0.451. The SMILES string of the molecule is CCCCC(CC)Nc1ncnc(CC)c1Cl. The van der Waals surface area contributed by atoms with E-state index in [9.17, 15) is 0 Å². The average Bonchev–Trinajstić information content (AvgIpc) is 2.36. The number of nitrogens with zero attached hydrogens (tertiary/aromatic N) is 2. The molecular weight excluding hydrogens is 234 g/mol. The highest BCUT2D eigenvalue weighted by Gasteiger charge is 2.11. The van der Waals surface area contributed by atoms with Gasteiger partial charge in [-0.25, -0.2) is 9.97 Å². The molecule has 1 unspecified atom stereocenters. The largest absolute Gasteiger partial charge is 0.366 e. The number of aromatic nitrogens is 2. The summed E-state index contributed by atoms with van der Waals surface area (Å²) in [5, 5.41) is 4.09. The topological polar surface area (TPSA) is 37.8 Å². The van der Waals surface area contributed by atoms with E-state index in [4.69, 9.17) is 11.6 Å². The number of nitrogens with one attached hydrogen (secondary N) is 1. The molecule has 1 aromatic heterocycles. The fourth-order valence-electron chi connectivity index (χ4n) is 1.78. The summed E-state index contributed by atoms with van der Waals surface area (Å²) in [6.07, 6.45) is 7.11. The summed E-state index contributed by atoms with van der Waals surface area (Å²) < 4.78 is 0. The van der Waals surface area contributed by atoms with Gasteiger partial charge in [0.2, 0.25) is 0 Å². The van der Waals surface area contributed by atoms with Crippen molar-refractivity contribution in [3.8, 4) is 0 Å². The van der Waals surface area contributed by atoms with Crippen molar-refractivity contribution >= 4 is 17.4 Å². The first-order valence-electron chi connectivity index (χ1n) is 6.48. The normalized spacial score (nSPS) is 12.5. The van der Waals surface area contributed by atoms with Crippen LogP contribution in [0.5, 0.6) is 0 Å². The highest BCUT2D eigenvalue weighted by molar-refractivity contribution is 6.33. The molecule has 1 N–H and O–H groups in total. The van der Waals surface area contributed by atoms with Crippen molar-refractivity contribution in [2.24, 2.45) is 0 Å². The second-order valence-corrected chi connectivity index (χ2v) is 4.61. The first-order valence-corrected chi connectivity index (χ1v) is 6.86. The van der Waals surface area contributed by atoms with Gasteiger partial charge in [0.1, 0.15) is 17.2 Å². The molecule has 0 fully saturated rings. The summed E-state index contributed by atoms with van der Waals surface area (Å²) >= 11 is 6.26. The molecule has 0 aliphatic rings. The van der Waals surface area contributed by atoms with Crippen LogP contribution in [0, 0.1) is 0 Å². The van der Waals surface area contributed by atoms with E-state index in [1.165, 1.54) is 12.8 Å². The Labute approximate surface area is 109 Å². The Hall–Kier alpha value is -0.830. The highest BCUT2D eigenvalue weighted by Crippen LogP contribution is 2.23. The number of hydrogen-bond acceptors (Lipinski definition) is 3. The molecule has 4 heteroatoms. The van der Waals surface area contributed by atoms with Crippen molar-refractivity contribution in [2.45, 2.75) is 58.9 Å². The number of hydrogen-bond donors (Lipinski definition) is 1. The van der Waals surface area contributed by atoms with Gasteiger partial charge in [0.15, 0.2) is 0 Å². The molecule has 0 aliphatic heterocycles. The van der Waals surface area contributed by atoms with E-state index in [0.717, 1.165) is 30.8 Å². The van der Waals surface area contributed by atoms with Gasteiger partial charge in [-0.05, 0) is 19.3 Å². The third kappa shape index (κ3) is 4.15. The van der Waals surface area contributed by atoms with Gasteiger partial charge >= 0.3 is 0 Å². The van der Waals surface area contributed by atoms with Crippen LogP contribution in [0.4, 0.5) is 5.82 Å². The van der Waals surface area contributed by atoms with Gasteiger partial charge in [0, 0.05) is 6.04 Å². The lowest BCUT2D eigenvalue weighted by Gasteiger charge is -2.18. The molecule has 1 aromatic rings. The molecule has 3 nitrogen and oxygen atoms in total. The molecule has 1 heterocycles. The van der Waals surface area contributed by atoms with Crippen LogP contribution >= 0.6 is 11.6 Å². The molecule has 17 heavy (non-hydrogen) atoms. The predicted molar refractivity (Wildman–Crippen MR) is 73.6 cm³/mol. The van der Waals surface area contributed by atoms with Crippen molar-refractivity contribution in [1.29, 1.82) is 0 Å². The van der Waals surface area contributed by atoms with Crippen molar-refractivity contribution in [1.82, 2.24) is 9.97 Å². The second-order valence-electron chi connectivity index (χ2n) is 4.23. The maximum atomic E-state index is 6.26. The Balaban J connectivity index is 2.72. The monoisotopic (exact) mass is 255 g/mol. The first-order chi connectivity index (χ1) is 8.22. The molecular formula is C13H22ClN3. The Morgan fingerprint density at radius 2 is 2.06 bits per heavy atom. The van der Waals surface area contributed by atoms with Gasteiger partial charge in [0.25, 0.3) is 0 Å². The fourth-order valence-corrected chi connectivity index (χ4v) is 2.06. The molecule has 96 valence electrons. The third-order valence-corrected chi connectivity index (χ3v) is 3.33. The highest BCUT2D eigenvalue weighted by atomic mass is 35.5. The maximum absolute atomic E-state index is 6.26. The average molecular weight is 256 g/mol. The number of unbranched alkanes of at least 4 members (excludes halogenated alkanes) is 1. The lowest BCUT2D eigenvalue weighted by Crippen LogP contribution is -2.19. The Bertz CT molecular complexity index is 341. The first kappa shape index (κ1) is 14.2. The predicted octanol–water partition coefficient (Wildman–Crippen LogP) is 4.07. The van der Waals surface area contributed by atoms with Gasteiger partial charge in [-0.3, -0.25) is 0 Å². The molecule has 0 spiro atoms. The van der Waals surface area contributed by atoms with E-state index < -0.39 is 0 Å². The van der Waals surface area contributed by atoms with Gasteiger partial charge in [0.05, 0.1) is 5.69 Å². The summed E-state index contributed by atoms with van der Waals surface area (Å²) in [7, 11) is 0. The minimum atomic E-state index is 0.451. The Morgan fingerprint density at radius 1 is 1.29 bits per heavy atom. The molecule has 0 bridgehead atoms. The van der Waals surface area contributed by atoms with Crippen molar-refractivity contribution in [3.63, 3.8) is 0 Å². The van der Waals surface area contributed by atoms with E-state index in [-0.39, 0.29) is 0 Å². The molecule has 1 rings (SSSR count). The zero-order chi connectivity index (χ0) is 12.7. The van der Waals surface area contributed by atoms with Crippen molar-refractivity contribution < 1.29 is 0 Å². The molecule has 0 saturated carbocycles. The summed E-state index contributed by atoms with van der Waals surface area (Å²) in [4.78, 5) is 8.40. The van der Waals surface area contributed by atoms with E-state index in [0.29, 0.717) is 11.1 Å². The van der Waals surface area contributed by atoms with E-state index in [2.05, 4.69) is 29.1 Å². The summed E-state index contributed by atoms with van der Waals surface area (Å²) in [5.41, 5.74) is 0.912. The van der Waals surface area contributed by atoms with Gasteiger partial charge < -0.3 is 5.32 Å². The maximum Gasteiger partial charge on any atom is 0.148 e. The van der Waals surface area contributed by atoms with Gasteiger partial charge in [-0.1, -0.05) is 45.2 Å². The molecule has 0 aromatic carbocycles. The van der Waals surface area contributed by atoms with E-state index >= 15 is 0 Å². The number of rotatable bonds is 7. The molecule has 0 radical (unpaired) electrons. The molecule has 1 atom stereocenters. The zero-order valence-electron chi connectivity index (χ0n) is 11.0. The van der Waals surface area contributed by atoms with Crippen molar-refractivity contribution in [2.75, 3.05) is 5.32 Å². The van der Waals surface area contributed by atoms with Crippen LogP contribution in [0.3, 0.4) is 0 Å². The second kappa shape index (κ2) is 7.49. The van der Waals surface area contributed by atoms with Crippen molar-refractivity contribution in [3.05, 3.63) is 17.0 Å². The zero-order valence-corrected chi connectivity index (χ0v) is 11.7. The number of halogens is 1. The molecule has 0 saturated heterocycles. The fraction of sp³-hybridized carbons (Fsp3) is 0.692. The van der Waals surface area contributed by atoms with Gasteiger partial charge in [-0.2, -0.15) is 0 Å². The lowest BCUT2D eigenvalue weighted by atomic mass is 10.1. The van der Waals surface area contributed by atoms with Crippen LogP contribution in [0.1, 0.15) is 52.1 Å². The van der Waals surface area contributed by atoms with Crippen LogP contribution in [0.25, 0.3) is 0 Å². The van der Waals surface area contributed by atoms with Crippen LogP contribution < -0.4 is 5.32 Å². The van der Waals surface area contributed by atoms with E-state index in [1.54, 1.807) is 6.33 Å². The summed E-state index contributed by atoms with van der Waals surface area (Å²) in [6.45, 7) is 6.44. The van der Waals surface area contributed by atoms with Crippen LogP contribution in [-0.4, -0.2) is 16.0 Å².